The summed E-state index contributed by atoms with van der Waals surface area (Å²) in [5, 5.41) is 4.34. The third kappa shape index (κ3) is 3.23. The van der Waals surface area contributed by atoms with E-state index in [9.17, 15) is 0 Å². The second-order valence-electron chi connectivity index (χ2n) is 5.23. The number of aryl methyl sites for hydroxylation is 1. The molecule has 94 valence electrons. The van der Waals surface area contributed by atoms with Gasteiger partial charge in [0.05, 0.1) is 0 Å². The number of benzene rings is 1. The quantitative estimate of drug-likeness (QED) is 0.835. The zero-order chi connectivity index (χ0) is 12.3. The number of hydrogen-bond acceptors (Lipinski definition) is 1. The molecule has 0 bridgehead atoms. The fraction of sp³-hybridized carbons (Fsp3) is 0.600. The molecule has 2 rings (SSSR count). The normalized spacial score (nSPS) is 19.2. The van der Waals surface area contributed by atoms with E-state index < -0.39 is 0 Å². The second-order valence-corrected chi connectivity index (χ2v) is 5.66. The first-order valence-electron chi connectivity index (χ1n) is 6.65. The lowest BCUT2D eigenvalue weighted by Gasteiger charge is -2.30. The molecule has 17 heavy (non-hydrogen) atoms. The van der Waals surface area contributed by atoms with Gasteiger partial charge >= 0.3 is 0 Å². The van der Waals surface area contributed by atoms with Crippen LogP contribution in [0.3, 0.4) is 0 Å². The topological polar surface area (TPSA) is 12.0 Å². The van der Waals surface area contributed by atoms with Crippen LogP contribution in [0.2, 0.25) is 5.02 Å². The van der Waals surface area contributed by atoms with E-state index in [0.29, 0.717) is 6.04 Å². The van der Waals surface area contributed by atoms with E-state index in [-0.39, 0.29) is 0 Å². The van der Waals surface area contributed by atoms with E-state index in [1.165, 1.54) is 43.2 Å². The lowest BCUT2D eigenvalue weighted by molar-refractivity contribution is 0.281. The number of rotatable bonds is 3. The van der Waals surface area contributed by atoms with Crippen molar-refractivity contribution in [3.63, 3.8) is 0 Å². The van der Waals surface area contributed by atoms with Gasteiger partial charge < -0.3 is 5.32 Å². The molecule has 1 aliphatic carbocycles. The highest BCUT2D eigenvalue weighted by Gasteiger charge is 2.23. The summed E-state index contributed by atoms with van der Waals surface area (Å²) >= 11 is 6.16. The van der Waals surface area contributed by atoms with Gasteiger partial charge in [-0.25, -0.2) is 0 Å². The Balaban J connectivity index is 2.21. The molecule has 1 nitrogen and oxygen atoms in total. The third-order valence-corrected chi connectivity index (χ3v) is 4.07. The van der Waals surface area contributed by atoms with E-state index in [0.717, 1.165) is 10.9 Å². The van der Waals surface area contributed by atoms with Crippen LogP contribution in [-0.4, -0.2) is 7.05 Å². The molecule has 1 aromatic rings. The molecule has 1 saturated carbocycles. The number of nitrogens with one attached hydrogen (secondary N) is 1. The summed E-state index contributed by atoms with van der Waals surface area (Å²) in [6, 6.07) is 6.87. The van der Waals surface area contributed by atoms with Crippen LogP contribution in [0.5, 0.6) is 0 Å². The molecule has 0 saturated heterocycles. The molecule has 2 heteroatoms. The van der Waals surface area contributed by atoms with E-state index in [1.807, 2.05) is 6.07 Å². The van der Waals surface area contributed by atoms with Crippen LogP contribution in [0.25, 0.3) is 0 Å². The largest absolute Gasteiger partial charge is 0.313 e. The van der Waals surface area contributed by atoms with Crippen molar-refractivity contribution < 1.29 is 0 Å². The van der Waals surface area contributed by atoms with Gasteiger partial charge in [-0.2, -0.15) is 0 Å². The van der Waals surface area contributed by atoms with E-state index >= 15 is 0 Å². The fourth-order valence-corrected chi connectivity index (χ4v) is 3.38. The maximum Gasteiger partial charge on any atom is 0.0411 e. The Kier molecular flexibility index (Phi) is 4.47. The second kappa shape index (κ2) is 5.88. The summed E-state index contributed by atoms with van der Waals surface area (Å²) in [7, 11) is 2.06. The fourth-order valence-electron chi connectivity index (χ4n) is 3.09. The van der Waals surface area contributed by atoms with Crippen molar-refractivity contribution in [1.82, 2.24) is 5.32 Å². The maximum absolute atomic E-state index is 6.16. The molecule has 1 atom stereocenters. The van der Waals surface area contributed by atoms with Crippen molar-refractivity contribution in [2.24, 2.45) is 5.92 Å². The molecular formula is C15H22ClN. The smallest absolute Gasteiger partial charge is 0.0411 e. The lowest BCUT2D eigenvalue weighted by Crippen LogP contribution is -2.27. The van der Waals surface area contributed by atoms with Gasteiger partial charge in [-0.15, -0.1) is 0 Å². The molecule has 0 heterocycles. The monoisotopic (exact) mass is 251 g/mol. The number of hydrogen-bond donors (Lipinski definition) is 1. The molecule has 0 radical (unpaired) electrons. The minimum atomic E-state index is 0.465. The summed E-state index contributed by atoms with van der Waals surface area (Å²) in [4.78, 5) is 0. The molecule has 1 N–H and O–H groups in total. The molecule has 0 amide bonds. The van der Waals surface area contributed by atoms with Crippen molar-refractivity contribution in [3.8, 4) is 0 Å². The first-order chi connectivity index (χ1) is 8.20. The Labute approximate surface area is 110 Å². The van der Waals surface area contributed by atoms with E-state index in [2.05, 4.69) is 31.4 Å². The Hall–Kier alpha value is -0.530. The van der Waals surface area contributed by atoms with Gasteiger partial charge in [0.1, 0.15) is 0 Å². The van der Waals surface area contributed by atoms with Crippen LogP contribution in [0, 0.1) is 12.8 Å². The summed E-state index contributed by atoms with van der Waals surface area (Å²) in [6.45, 7) is 2.11. The van der Waals surface area contributed by atoms with Crippen LogP contribution in [0.4, 0.5) is 0 Å². The summed E-state index contributed by atoms with van der Waals surface area (Å²) in [5.74, 6) is 0.770. The summed E-state index contributed by atoms with van der Waals surface area (Å²) in [6.07, 6.45) is 6.85. The average Bonchev–Trinajstić information content (AvgIpc) is 2.30. The van der Waals surface area contributed by atoms with Gasteiger partial charge in [-0.3, -0.25) is 0 Å². The Morgan fingerprint density at radius 3 is 2.47 bits per heavy atom. The van der Waals surface area contributed by atoms with Gasteiger partial charge in [0.25, 0.3) is 0 Å². The predicted molar refractivity (Wildman–Crippen MR) is 74.6 cm³/mol. The van der Waals surface area contributed by atoms with Crippen molar-refractivity contribution in [3.05, 3.63) is 34.3 Å². The highest BCUT2D eigenvalue weighted by atomic mass is 35.5. The zero-order valence-electron chi connectivity index (χ0n) is 10.8. The standard InChI is InChI=1S/C15H22ClN/c1-11-8-13(10-14(16)9-11)15(17-2)12-6-4-3-5-7-12/h8-10,12,15,17H,3-7H2,1-2H3. The van der Waals surface area contributed by atoms with Crippen LogP contribution >= 0.6 is 11.6 Å². The van der Waals surface area contributed by atoms with Crippen LogP contribution in [-0.2, 0) is 0 Å². The zero-order valence-corrected chi connectivity index (χ0v) is 11.6. The van der Waals surface area contributed by atoms with E-state index in [1.54, 1.807) is 0 Å². The molecule has 0 spiro atoms. The van der Waals surface area contributed by atoms with Gasteiger partial charge in [-0.1, -0.05) is 36.9 Å². The van der Waals surface area contributed by atoms with Crippen LogP contribution in [0.15, 0.2) is 18.2 Å². The Bertz CT molecular complexity index is 349. The highest BCUT2D eigenvalue weighted by Crippen LogP contribution is 2.35. The Morgan fingerprint density at radius 1 is 1.18 bits per heavy atom. The molecule has 1 fully saturated rings. The van der Waals surface area contributed by atoms with Gasteiger partial charge in [-0.05, 0) is 56.0 Å². The minimum absolute atomic E-state index is 0.465. The Morgan fingerprint density at radius 2 is 1.88 bits per heavy atom. The molecule has 1 unspecified atom stereocenters. The third-order valence-electron chi connectivity index (χ3n) is 3.86. The van der Waals surface area contributed by atoms with Gasteiger partial charge in [0.15, 0.2) is 0 Å². The van der Waals surface area contributed by atoms with Crippen LogP contribution < -0.4 is 5.32 Å². The first-order valence-corrected chi connectivity index (χ1v) is 7.03. The van der Waals surface area contributed by atoms with Crippen LogP contribution in [0.1, 0.15) is 49.3 Å². The highest BCUT2D eigenvalue weighted by molar-refractivity contribution is 6.30. The van der Waals surface area contributed by atoms with Crippen molar-refractivity contribution in [2.45, 2.75) is 45.1 Å². The van der Waals surface area contributed by atoms with Crippen molar-refractivity contribution >= 4 is 11.6 Å². The van der Waals surface area contributed by atoms with Gasteiger partial charge in [0.2, 0.25) is 0 Å². The minimum Gasteiger partial charge on any atom is -0.313 e. The van der Waals surface area contributed by atoms with Crippen molar-refractivity contribution in [1.29, 1.82) is 0 Å². The average molecular weight is 252 g/mol. The first kappa shape index (κ1) is 12.9. The molecular weight excluding hydrogens is 230 g/mol. The lowest BCUT2D eigenvalue weighted by atomic mass is 9.81. The van der Waals surface area contributed by atoms with Crippen molar-refractivity contribution in [2.75, 3.05) is 7.05 Å². The molecule has 0 aliphatic heterocycles. The predicted octanol–water partition coefficient (Wildman–Crippen LogP) is 4.49. The SMILES string of the molecule is CNC(c1cc(C)cc(Cl)c1)C1CCCCC1. The van der Waals surface area contributed by atoms with E-state index in [4.69, 9.17) is 11.6 Å². The van der Waals surface area contributed by atoms with Gasteiger partial charge in [0, 0.05) is 11.1 Å². The molecule has 1 aromatic carbocycles. The molecule has 1 aliphatic rings. The molecule has 0 aromatic heterocycles. The summed E-state index contributed by atoms with van der Waals surface area (Å²) in [5.41, 5.74) is 2.60. The number of halogens is 1. The maximum atomic E-state index is 6.16. The summed E-state index contributed by atoms with van der Waals surface area (Å²) < 4.78 is 0.